The van der Waals surface area contributed by atoms with E-state index in [1.54, 1.807) is 0 Å². The van der Waals surface area contributed by atoms with Crippen molar-refractivity contribution in [3.05, 3.63) is 21.9 Å². The highest BCUT2D eigenvalue weighted by Crippen LogP contribution is 2.35. The van der Waals surface area contributed by atoms with Gasteiger partial charge in [0.25, 0.3) is 5.91 Å². The topological polar surface area (TPSA) is 49.3 Å². The molecule has 2 atom stereocenters. The fourth-order valence-electron chi connectivity index (χ4n) is 2.07. The molecule has 0 radical (unpaired) electrons. The Morgan fingerprint density at radius 3 is 3.22 bits per heavy atom. The zero-order valence-electron chi connectivity index (χ0n) is 10.4. The van der Waals surface area contributed by atoms with Gasteiger partial charge in [0.15, 0.2) is 0 Å². The first-order chi connectivity index (χ1) is 8.76. The second-order valence-corrected chi connectivity index (χ2v) is 5.40. The normalized spacial score (nSPS) is 21.0. The van der Waals surface area contributed by atoms with E-state index >= 15 is 0 Å². The van der Waals surface area contributed by atoms with Crippen molar-refractivity contribution in [2.75, 3.05) is 6.61 Å². The Morgan fingerprint density at radius 2 is 2.50 bits per heavy atom. The second-order valence-electron chi connectivity index (χ2n) is 4.49. The van der Waals surface area contributed by atoms with E-state index in [1.165, 1.54) is 24.2 Å². The van der Waals surface area contributed by atoms with E-state index in [1.807, 2.05) is 11.4 Å². The number of aliphatic hydroxyl groups excluding tert-OH is 1. The van der Waals surface area contributed by atoms with Gasteiger partial charge in [0.2, 0.25) is 0 Å². The molecule has 1 fully saturated rings. The molecule has 1 aromatic heterocycles. The third-order valence-corrected chi connectivity index (χ3v) is 3.99. The predicted octanol–water partition coefficient (Wildman–Crippen LogP) is 2.01. The van der Waals surface area contributed by atoms with Gasteiger partial charge in [-0.1, -0.05) is 25.2 Å². The van der Waals surface area contributed by atoms with Gasteiger partial charge in [0.05, 0.1) is 0 Å². The SMILES string of the molecule is CCCC1CC1NC(=O)c1sccc1C#CCO. The second kappa shape index (κ2) is 6.03. The molecule has 18 heavy (non-hydrogen) atoms. The van der Waals surface area contributed by atoms with Crippen LogP contribution in [0.3, 0.4) is 0 Å². The molecular weight excluding hydrogens is 246 g/mol. The fraction of sp³-hybridized carbons (Fsp3) is 0.500. The summed E-state index contributed by atoms with van der Waals surface area (Å²) in [7, 11) is 0. The number of carbonyl (C=O) groups excluding carboxylic acids is 1. The smallest absolute Gasteiger partial charge is 0.262 e. The number of hydrogen-bond acceptors (Lipinski definition) is 3. The van der Waals surface area contributed by atoms with Gasteiger partial charge < -0.3 is 10.4 Å². The third kappa shape index (κ3) is 3.12. The molecule has 3 nitrogen and oxygen atoms in total. The molecule has 0 saturated heterocycles. The van der Waals surface area contributed by atoms with E-state index in [4.69, 9.17) is 5.11 Å². The molecule has 1 amide bonds. The molecule has 4 heteroatoms. The fourth-order valence-corrected chi connectivity index (χ4v) is 2.82. The summed E-state index contributed by atoms with van der Waals surface area (Å²) in [6.07, 6.45) is 3.46. The van der Waals surface area contributed by atoms with Gasteiger partial charge in [-0.15, -0.1) is 11.3 Å². The molecule has 0 aromatic carbocycles. The predicted molar refractivity (Wildman–Crippen MR) is 72.6 cm³/mol. The number of nitrogens with one attached hydrogen (secondary N) is 1. The minimum Gasteiger partial charge on any atom is -0.384 e. The number of amides is 1. The molecule has 2 rings (SSSR count). The van der Waals surface area contributed by atoms with Gasteiger partial charge in [-0.2, -0.15) is 0 Å². The van der Waals surface area contributed by atoms with Crippen molar-refractivity contribution >= 4 is 17.2 Å². The van der Waals surface area contributed by atoms with Crippen LogP contribution in [0.15, 0.2) is 11.4 Å². The molecular formula is C14H17NO2S. The molecule has 0 aliphatic heterocycles. The molecule has 1 aliphatic rings. The van der Waals surface area contributed by atoms with E-state index in [2.05, 4.69) is 24.1 Å². The number of hydrogen-bond donors (Lipinski definition) is 2. The molecule has 2 unspecified atom stereocenters. The van der Waals surface area contributed by atoms with E-state index in [9.17, 15) is 4.79 Å². The first-order valence-corrected chi connectivity index (χ1v) is 7.12. The van der Waals surface area contributed by atoms with Crippen molar-refractivity contribution < 1.29 is 9.90 Å². The monoisotopic (exact) mass is 263 g/mol. The molecule has 96 valence electrons. The van der Waals surface area contributed by atoms with Crippen molar-refractivity contribution in [2.45, 2.75) is 32.2 Å². The van der Waals surface area contributed by atoms with Crippen LogP contribution in [0.4, 0.5) is 0 Å². The maximum Gasteiger partial charge on any atom is 0.262 e. The minimum atomic E-state index is -0.182. The summed E-state index contributed by atoms with van der Waals surface area (Å²) < 4.78 is 0. The highest BCUT2D eigenvalue weighted by molar-refractivity contribution is 7.12. The quantitative estimate of drug-likeness (QED) is 0.816. The van der Waals surface area contributed by atoms with Crippen molar-refractivity contribution in [1.29, 1.82) is 0 Å². The first kappa shape index (κ1) is 13.1. The van der Waals surface area contributed by atoms with Crippen LogP contribution in [-0.4, -0.2) is 23.7 Å². The minimum absolute atomic E-state index is 0.0316. The van der Waals surface area contributed by atoms with Gasteiger partial charge in [-0.3, -0.25) is 4.79 Å². The van der Waals surface area contributed by atoms with Gasteiger partial charge >= 0.3 is 0 Å². The molecule has 1 aromatic rings. The Hall–Kier alpha value is -1.31. The van der Waals surface area contributed by atoms with Crippen molar-refractivity contribution in [3.63, 3.8) is 0 Å². The Labute approximate surface area is 111 Å². The van der Waals surface area contributed by atoms with E-state index in [0.29, 0.717) is 22.4 Å². The van der Waals surface area contributed by atoms with E-state index in [-0.39, 0.29) is 12.5 Å². The lowest BCUT2D eigenvalue weighted by molar-refractivity contribution is 0.0952. The number of thiophene rings is 1. The van der Waals surface area contributed by atoms with E-state index < -0.39 is 0 Å². The zero-order chi connectivity index (χ0) is 13.0. The molecule has 1 saturated carbocycles. The Bertz CT molecular complexity index is 483. The largest absolute Gasteiger partial charge is 0.384 e. The van der Waals surface area contributed by atoms with Gasteiger partial charge in [-0.25, -0.2) is 0 Å². The molecule has 2 N–H and O–H groups in total. The van der Waals surface area contributed by atoms with Crippen LogP contribution in [0.1, 0.15) is 41.4 Å². The molecule has 1 heterocycles. The summed E-state index contributed by atoms with van der Waals surface area (Å²) in [5.74, 6) is 6.01. The summed E-state index contributed by atoms with van der Waals surface area (Å²) in [5, 5.41) is 13.6. The van der Waals surface area contributed by atoms with Crippen molar-refractivity contribution in [3.8, 4) is 11.8 Å². The maximum absolute atomic E-state index is 12.1. The number of aliphatic hydroxyl groups is 1. The van der Waals surface area contributed by atoms with Crippen molar-refractivity contribution in [2.24, 2.45) is 5.92 Å². The highest BCUT2D eigenvalue weighted by atomic mass is 32.1. The summed E-state index contributed by atoms with van der Waals surface area (Å²) in [4.78, 5) is 12.7. The number of rotatable bonds is 4. The van der Waals surface area contributed by atoms with Crippen LogP contribution in [0.5, 0.6) is 0 Å². The lowest BCUT2D eigenvalue weighted by atomic mass is 10.2. The Morgan fingerprint density at radius 1 is 1.67 bits per heavy atom. The maximum atomic E-state index is 12.1. The standard InChI is InChI=1S/C14H17NO2S/c1-2-4-11-9-12(11)15-14(17)13-10(5-3-7-16)6-8-18-13/h6,8,11-12,16H,2,4,7,9H2,1H3,(H,15,17). The van der Waals surface area contributed by atoms with Crippen LogP contribution >= 0.6 is 11.3 Å². The van der Waals surface area contributed by atoms with Gasteiger partial charge in [0, 0.05) is 11.6 Å². The van der Waals surface area contributed by atoms with Crippen LogP contribution in [0.2, 0.25) is 0 Å². The molecule has 0 bridgehead atoms. The van der Waals surface area contributed by atoms with Gasteiger partial charge in [0.1, 0.15) is 11.5 Å². The summed E-state index contributed by atoms with van der Waals surface area (Å²) in [5.41, 5.74) is 0.708. The summed E-state index contributed by atoms with van der Waals surface area (Å²) in [6.45, 7) is 1.98. The Balaban J connectivity index is 1.95. The average Bonchev–Trinajstić information content (AvgIpc) is 2.92. The summed E-state index contributed by atoms with van der Waals surface area (Å²) >= 11 is 1.40. The number of carbonyl (C=O) groups is 1. The lowest BCUT2D eigenvalue weighted by Crippen LogP contribution is -2.26. The first-order valence-electron chi connectivity index (χ1n) is 6.24. The van der Waals surface area contributed by atoms with Crippen LogP contribution in [0.25, 0.3) is 0 Å². The molecule has 0 spiro atoms. The van der Waals surface area contributed by atoms with Crippen LogP contribution in [-0.2, 0) is 0 Å². The van der Waals surface area contributed by atoms with Crippen LogP contribution < -0.4 is 5.32 Å². The Kier molecular flexibility index (Phi) is 4.40. The molecule has 1 aliphatic carbocycles. The third-order valence-electron chi connectivity index (χ3n) is 3.07. The average molecular weight is 263 g/mol. The zero-order valence-corrected chi connectivity index (χ0v) is 11.2. The summed E-state index contributed by atoms with van der Waals surface area (Å²) in [6, 6.07) is 2.16. The van der Waals surface area contributed by atoms with Crippen molar-refractivity contribution in [1.82, 2.24) is 5.32 Å². The lowest BCUT2D eigenvalue weighted by Gasteiger charge is -2.03. The van der Waals surface area contributed by atoms with E-state index in [0.717, 1.165) is 6.42 Å². The van der Waals surface area contributed by atoms with Crippen LogP contribution in [0, 0.1) is 17.8 Å². The highest BCUT2D eigenvalue weighted by Gasteiger charge is 2.37. The van der Waals surface area contributed by atoms with Gasteiger partial charge in [-0.05, 0) is 30.2 Å².